The van der Waals surface area contributed by atoms with Crippen LogP contribution in [-0.2, 0) is 0 Å². The fraction of sp³-hybridized carbons (Fsp3) is 0.538. The van der Waals surface area contributed by atoms with Gasteiger partial charge in [0.25, 0.3) is 0 Å². The minimum atomic E-state index is 0.481. The van der Waals surface area contributed by atoms with Crippen LogP contribution >= 0.6 is 11.6 Å². The summed E-state index contributed by atoms with van der Waals surface area (Å²) in [6.07, 6.45) is 4.07. The SMILES string of the molecule is [NH3+]C[C@H](c1ccccc1Cl)[NH+]1CCCCC1. The molecule has 2 nitrogen and oxygen atoms in total. The van der Waals surface area contributed by atoms with Gasteiger partial charge in [-0.2, -0.15) is 0 Å². The average molecular weight is 241 g/mol. The van der Waals surface area contributed by atoms with Gasteiger partial charge >= 0.3 is 0 Å². The van der Waals surface area contributed by atoms with Crippen molar-refractivity contribution in [3.05, 3.63) is 34.9 Å². The van der Waals surface area contributed by atoms with Crippen LogP contribution in [0.5, 0.6) is 0 Å². The van der Waals surface area contributed by atoms with Crippen molar-refractivity contribution in [1.29, 1.82) is 0 Å². The van der Waals surface area contributed by atoms with E-state index in [1.54, 1.807) is 4.90 Å². The lowest BCUT2D eigenvalue weighted by molar-refractivity contribution is -0.942. The molecule has 1 heterocycles. The largest absolute Gasteiger partial charge is 0.352 e. The summed E-state index contributed by atoms with van der Waals surface area (Å²) in [6.45, 7) is 3.47. The summed E-state index contributed by atoms with van der Waals surface area (Å²) in [5, 5.41) is 0.897. The highest BCUT2D eigenvalue weighted by Crippen LogP contribution is 2.20. The van der Waals surface area contributed by atoms with Gasteiger partial charge in [-0.1, -0.05) is 29.8 Å². The van der Waals surface area contributed by atoms with E-state index in [0.29, 0.717) is 6.04 Å². The van der Waals surface area contributed by atoms with Crippen molar-refractivity contribution >= 4 is 11.6 Å². The lowest BCUT2D eigenvalue weighted by atomic mass is 10.0. The molecule has 88 valence electrons. The third-order valence-electron chi connectivity index (χ3n) is 3.56. The highest BCUT2D eigenvalue weighted by atomic mass is 35.5. The van der Waals surface area contributed by atoms with Crippen molar-refractivity contribution in [3.8, 4) is 0 Å². The molecule has 0 aliphatic carbocycles. The molecule has 4 N–H and O–H groups in total. The van der Waals surface area contributed by atoms with E-state index in [2.05, 4.69) is 17.9 Å². The Labute approximate surface area is 102 Å². The first-order valence-corrected chi connectivity index (χ1v) is 6.59. The van der Waals surface area contributed by atoms with Crippen molar-refractivity contribution in [2.24, 2.45) is 0 Å². The van der Waals surface area contributed by atoms with E-state index in [9.17, 15) is 0 Å². The monoisotopic (exact) mass is 240 g/mol. The predicted molar refractivity (Wildman–Crippen MR) is 66.5 cm³/mol. The number of piperidine rings is 1. The highest BCUT2D eigenvalue weighted by Gasteiger charge is 2.27. The molecule has 1 fully saturated rings. The van der Waals surface area contributed by atoms with Gasteiger partial charge in [0, 0.05) is 10.6 Å². The first-order valence-electron chi connectivity index (χ1n) is 6.21. The Morgan fingerprint density at radius 2 is 1.88 bits per heavy atom. The summed E-state index contributed by atoms with van der Waals surface area (Å²) in [7, 11) is 0. The van der Waals surface area contributed by atoms with Gasteiger partial charge in [-0.15, -0.1) is 0 Å². The zero-order valence-corrected chi connectivity index (χ0v) is 10.5. The van der Waals surface area contributed by atoms with E-state index in [1.165, 1.54) is 37.9 Å². The molecule has 1 aromatic rings. The van der Waals surface area contributed by atoms with Gasteiger partial charge in [-0.3, -0.25) is 0 Å². The summed E-state index contributed by atoms with van der Waals surface area (Å²) in [5.74, 6) is 0. The van der Waals surface area contributed by atoms with Crippen molar-refractivity contribution < 1.29 is 10.6 Å². The zero-order valence-electron chi connectivity index (χ0n) is 9.71. The number of nitrogens with one attached hydrogen (secondary N) is 1. The first-order chi connectivity index (χ1) is 7.83. The number of hydrogen-bond acceptors (Lipinski definition) is 0. The summed E-state index contributed by atoms with van der Waals surface area (Å²) >= 11 is 6.28. The molecular weight excluding hydrogens is 220 g/mol. The Morgan fingerprint density at radius 3 is 2.50 bits per heavy atom. The number of halogens is 1. The topological polar surface area (TPSA) is 32.1 Å². The van der Waals surface area contributed by atoms with Crippen LogP contribution in [-0.4, -0.2) is 19.6 Å². The van der Waals surface area contributed by atoms with E-state index in [-0.39, 0.29) is 0 Å². The van der Waals surface area contributed by atoms with Gasteiger partial charge in [0.15, 0.2) is 6.04 Å². The summed E-state index contributed by atoms with van der Waals surface area (Å²) in [4.78, 5) is 1.66. The van der Waals surface area contributed by atoms with Crippen LogP contribution < -0.4 is 10.6 Å². The molecule has 0 aromatic heterocycles. The smallest absolute Gasteiger partial charge is 0.164 e. The van der Waals surface area contributed by atoms with E-state index in [0.717, 1.165) is 11.6 Å². The third kappa shape index (κ3) is 2.57. The van der Waals surface area contributed by atoms with E-state index >= 15 is 0 Å². The average Bonchev–Trinajstić information content (AvgIpc) is 2.34. The summed E-state index contributed by atoms with van der Waals surface area (Å²) in [6, 6.07) is 8.70. The molecule has 1 saturated heterocycles. The molecule has 0 saturated carbocycles. The van der Waals surface area contributed by atoms with E-state index in [4.69, 9.17) is 11.6 Å². The maximum atomic E-state index is 6.28. The fourth-order valence-electron chi connectivity index (χ4n) is 2.69. The molecule has 0 radical (unpaired) electrons. The Kier molecular flexibility index (Phi) is 4.22. The standard InChI is InChI=1S/C13H19ClN2/c14-12-7-3-2-6-11(12)13(10-15)16-8-4-1-5-9-16/h2-3,6-7,13H,1,4-5,8-10,15H2/p+2/t13-/m1/s1. The minimum absolute atomic E-state index is 0.481. The third-order valence-corrected chi connectivity index (χ3v) is 3.90. The maximum Gasteiger partial charge on any atom is 0.164 e. The maximum absolute atomic E-state index is 6.28. The number of benzene rings is 1. The molecule has 1 atom stereocenters. The van der Waals surface area contributed by atoms with Crippen LogP contribution in [0.3, 0.4) is 0 Å². The molecule has 1 aliphatic heterocycles. The minimum Gasteiger partial charge on any atom is -0.352 e. The van der Waals surface area contributed by atoms with Gasteiger partial charge in [0.1, 0.15) is 6.54 Å². The number of quaternary nitrogens is 2. The molecule has 3 heteroatoms. The number of hydrogen-bond donors (Lipinski definition) is 2. The summed E-state index contributed by atoms with van der Waals surface area (Å²) in [5.41, 5.74) is 5.37. The predicted octanol–water partition coefficient (Wildman–Crippen LogP) is 0.692. The first kappa shape index (κ1) is 11.9. The van der Waals surface area contributed by atoms with Gasteiger partial charge in [0.2, 0.25) is 0 Å². The molecule has 0 bridgehead atoms. The second-order valence-corrected chi connectivity index (χ2v) is 4.99. The second-order valence-electron chi connectivity index (χ2n) is 4.58. The van der Waals surface area contributed by atoms with Crippen LogP contribution in [0.2, 0.25) is 5.02 Å². The van der Waals surface area contributed by atoms with E-state index < -0.39 is 0 Å². The Hall–Kier alpha value is -0.570. The van der Waals surface area contributed by atoms with Crippen LogP contribution in [0.15, 0.2) is 24.3 Å². The van der Waals surface area contributed by atoms with Crippen LogP contribution in [0, 0.1) is 0 Å². The molecule has 1 aromatic carbocycles. The van der Waals surface area contributed by atoms with E-state index in [1.807, 2.05) is 12.1 Å². The van der Waals surface area contributed by atoms with Crippen molar-refractivity contribution in [1.82, 2.24) is 0 Å². The lowest BCUT2D eigenvalue weighted by Gasteiger charge is -2.30. The normalized spacial score (nSPS) is 19.6. The van der Waals surface area contributed by atoms with Crippen LogP contribution in [0.25, 0.3) is 0 Å². The Morgan fingerprint density at radius 1 is 1.19 bits per heavy atom. The Bertz CT molecular complexity index is 334. The van der Waals surface area contributed by atoms with Crippen LogP contribution in [0.4, 0.5) is 0 Å². The Balaban J connectivity index is 2.18. The van der Waals surface area contributed by atoms with Gasteiger partial charge in [-0.25, -0.2) is 0 Å². The summed E-state index contributed by atoms with van der Waals surface area (Å²) < 4.78 is 0. The molecule has 0 unspecified atom stereocenters. The molecular formula is C13H21ClN2+2. The van der Waals surface area contributed by atoms with Crippen LogP contribution in [0.1, 0.15) is 30.9 Å². The fourth-order valence-corrected chi connectivity index (χ4v) is 2.96. The molecule has 16 heavy (non-hydrogen) atoms. The molecule has 0 amide bonds. The van der Waals surface area contributed by atoms with Crippen molar-refractivity contribution in [2.75, 3.05) is 19.6 Å². The zero-order chi connectivity index (χ0) is 11.4. The number of likely N-dealkylation sites (tertiary alicyclic amines) is 1. The number of rotatable bonds is 3. The van der Waals surface area contributed by atoms with Crippen molar-refractivity contribution in [2.45, 2.75) is 25.3 Å². The molecule has 2 rings (SSSR count). The lowest BCUT2D eigenvalue weighted by Crippen LogP contribution is -3.14. The van der Waals surface area contributed by atoms with Gasteiger partial charge in [-0.05, 0) is 25.3 Å². The quantitative estimate of drug-likeness (QED) is 0.780. The highest BCUT2D eigenvalue weighted by molar-refractivity contribution is 6.31. The van der Waals surface area contributed by atoms with Crippen molar-refractivity contribution in [3.63, 3.8) is 0 Å². The molecule has 1 aliphatic rings. The van der Waals surface area contributed by atoms with Gasteiger partial charge < -0.3 is 10.6 Å². The van der Waals surface area contributed by atoms with Gasteiger partial charge in [0.05, 0.1) is 13.1 Å². The second kappa shape index (κ2) is 5.67. The molecule has 0 spiro atoms.